The number of hydrogen-bond acceptors (Lipinski definition) is 5. The Balaban J connectivity index is 2.07. The Hall–Kier alpha value is -2.97. The Kier molecular flexibility index (Phi) is 3.70. The summed E-state index contributed by atoms with van der Waals surface area (Å²) >= 11 is 0. The Morgan fingerprint density at radius 2 is 1.96 bits per heavy atom. The van der Waals surface area contributed by atoms with Crippen LogP contribution >= 0.6 is 0 Å². The largest absolute Gasteiger partial charge is 0.416 e. The molecule has 1 aliphatic rings. The summed E-state index contributed by atoms with van der Waals surface area (Å²) in [6.45, 7) is -0.0188. The van der Waals surface area contributed by atoms with E-state index in [0.29, 0.717) is 11.1 Å². The topological polar surface area (TPSA) is 94.4 Å². The lowest BCUT2D eigenvalue weighted by Gasteiger charge is -2.29. The number of hydrogen-bond donors (Lipinski definition) is 1. The maximum atomic E-state index is 12.7. The highest BCUT2D eigenvalue weighted by Crippen LogP contribution is 2.35. The van der Waals surface area contributed by atoms with E-state index >= 15 is 0 Å². The van der Waals surface area contributed by atoms with Crippen molar-refractivity contribution in [2.75, 3.05) is 6.54 Å². The van der Waals surface area contributed by atoms with E-state index in [9.17, 15) is 18.0 Å². The van der Waals surface area contributed by atoms with Crippen LogP contribution in [-0.2, 0) is 16.4 Å². The monoisotopic (exact) mass is 336 g/mol. The highest BCUT2D eigenvalue weighted by molar-refractivity contribution is 6.11. The van der Waals surface area contributed by atoms with Crippen LogP contribution in [0.1, 0.15) is 17.0 Å². The number of dihydropyridines is 1. The number of carbonyl (C=O) groups is 1. The number of aliphatic imine (C=N–C) groups is 1. The standard InChI is InChI=1S/C15H11F3N4O2/c16-15(17,18)11-3-1-10(2-4-11)14(13(19)23)5-9(6-20-7-14)12-21-8-24-22-12/h1-6,8H,7H2,(H2,19,23). The molecule has 1 aromatic heterocycles. The van der Waals surface area contributed by atoms with E-state index < -0.39 is 23.1 Å². The van der Waals surface area contributed by atoms with Gasteiger partial charge in [-0.15, -0.1) is 0 Å². The minimum Gasteiger partial charge on any atom is -0.369 e. The van der Waals surface area contributed by atoms with Crippen LogP contribution in [0.25, 0.3) is 5.57 Å². The highest BCUT2D eigenvalue weighted by Gasteiger charge is 2.39. The molecule has 0 spiro atoms. The van der Waals surface area contributed by atoms with Gasteiger partial charge in [0.2, 0.25) is 18.1 Å². The molecule has 2 aromatic rings. The van der Waals surface area contributed by atoms with Gasteiger partial charge < -0.3 is 10.3 Å². The molecular formula is C15H11F3N4O2. The second-order valence-electron chi connectivity index (χ2n) is 5.23. The number of allylic oxidation sites excluding steroid dienone is 1. The van der Waals surface area contributed by atoms with Gasteiger partial charge in [-0.05, 0) is 17.7 Å². The van der Waals surface area contributed by atoms with Gasteiger partial charge in [-0.25, -0.2) is 0 Å². The average Bonchev–Trinajstić information content (AvgIpc) is 3.08. The molecule has 124 valence electrons. The molecule has 1 aliphatic heterocycles. The van der Waals surface area contributed by atoms with Crippen LogP contribution in [0.2, 0.25) is 0 Å². The van der Waals surface area contributed by atoms with Crippen molar-refractivity contribution in [1.29, 1.82) is 0 Å². The van der Waals surface area contributed by atoms with Crippen molar-refractivity contribution in [3.05, 3.63) is 53.7 Å². The van der Waals surface area contributed by atoms with Gasteiger partial charge in [-0.2, -0.15) is 18.2 Å². The van der Waals surface area contributed by atoms with E-state index in [0.717, 1.165) is 18.5 Å². The van der Waals surface area contributed by atoms with Gasteiger partial charge in [0, 0.05) is 11.8 Å². The fraction of sp³-hybridized carbons (Fsp3) is 0.200. The quantitative estimate of drug-likeness (QED) is 0.927. The summed E-state index contributed by atoms with van der Waals surface area (Å²) in [6, 6.07) is 4.25. The molecule has 2 N–H and O–H groups in total. The molecule has 1 unspecified atom stereocenters. The van der Waals surface area contributed by atoms with Crippen LogP contribution in [-0.4, -0.2) is 28.8 Å². The molecule has 1 atom stereocenters. The Morgan fingerprint density at radius 1 is 1.25 bits per heavy atom. The number of primary amides is 1. The first kappa shape index (κ1) is 15.9. The number of carbonyl (C=O) groups excluding carboxylic acids is 1. The van der Waals surface area contributed by atoms with Gasteiger partial charge in [-0.3, -0.25) is 9.79 Å². The van der Waals surface area contributed by atoms with Gasteiger partial charge in [0.05, 0.1) is 12.1 Å². The number of alkyl halides is 3. The van der Waals surface area contributed by atoms with Crippen molar-refractivity contribution in [2.45, 2.75) is 11.6 Å². The van der Waals surface area contributed by atoms with Crippen molar-refractivity contribution < 1.29 is 22.5 Å². The molecule has 2 heterocycles. The average molecular weight is 336 g/mol. The van der Waals surface area contributed by atoms with E-state index in [1.54, 1.807) is 0 Å². The first-order valence-corrected chi connectivity index (χ1v) is 6.80. The lowest BCUT2D eigenvalue weighted by Crippen LogP contribution is -2.43. The Bertz CT molecular complexity index is 810. The molecule has 0 fully saturated rings. The number of nitrogens with zero attached hydrogens (tertiary/aromatic N) is 3. The molecular weight excluding hydrogens is 325 g/mol. The van der Waals surface area contributed by atoms with Crippen LogP contribution in [0.4, 0.5) is 13.2 Å². The zero-order valence-corrected chi connectivity index (χ0v) is 12.1. The van der Waals surface area contributed by atoms with Crippen molar-refractivity contribution in [3.8, 4) is 0 Å². The molecule has 0 radical (unpaired) electrons. The highest BCUT2D eigenvalue weighted by atomic mass is 19.4. The molecule has 9 heteroatoms. The second-order valence-corrected chi connectivity index (χ2v) is 5.23. The number of halogens is 3. The van der Waals surface area contributed by atoms with E-state index in [1.165, 1.54) is 24.4 Å². The van der Waals surface area contributed by atoms with Gasteiger partial charge in [0.25, 0.3) is 0 Å². The number of amides is 1. The van der Waals surface area contributed by atoms with Crippen LogP contribution in [0.15, 0.2) is 46.3 Å². The fourth-order valence-corrected chi connectivity index (χ4v) is 2.48. The third-order valence-corrected chi connectivity index (χ3v) is 3.76. The maximum absolute atomic E-state index is 12.7. The molecule has 1 aromatic carbocycles. The summed E-state index contributed by atoms with van der Waals surface area (Å²) in [5, 5.41) is 3.66. The zero-order valence-electron chi connectivity index (χ0n) is 12.1. The first-order valence-electron chi connectivity index (χ1n) is 6.80. The summed E-state index contributed by atoms with van der Waals surface area (Å²) in [5.41, 5.74) is 4.04. The molecule has 0 aliphatic carbocycles. The molecule has 0 saturated heterocycles. The summed E-state index contributed by atoms with van der Waals surface area (Å²) in [6.07, 6.45) is -0.399. The van der Waals surface area contributed by atoms with Gasteiger partial charge >= 0.3 is 6.18 Å². The fourth-order valence-electron chi connectivity index (χ4n) is 2.48. The van der Waals surface area contributed by atoms with Crippen LogP contribution < -0.4 is 5.73 Å². The summed E-state index contributed by atoms with van der Waals surface area (Å²) in [5.74, 6) is -0.531. The maximum Gasteiger partial charge on any atom is 0.416 e. The van der Waals surface area contributed by atoms with Crippen molar-refractivity contribution in [3.63, 3.8) is 0 Å². The third-order valence-electron chi connectivity index (χ3n) is 3.76. The van der Waals surface area contributed by atoms with E-state index in [2.05, 4.69) is 19.7 Å². The first-order chi connectivity index (χ1) is 11.3. The van der Waals surface area contributed by atoms with Gasteiger partial charge in [-0.1, -0.05) is 23.4 Å². The van der Waals surface area contributed by atoms with Crippen LogP contribution in [0.3, 0.4) is 0 Å². The third kappa shape index (κ3) is 2.68. The van der Waals surface area contributed by atoms with Gasteiger partial charge in [0.15, 0.2) is 0 Å². The molecule has 6 nitrogen and oxygen atoms in total. The number of aromatic nitrogens is 2. The van der Waals surface area contributed by atoms with E-state index in [4.69, 9.17) is 5.73 Å². The van der Waals surface area contributed by atoms with Gasteiger partial charge in [0.1, 0.15) is 5.41 Å². The number of rotatable bonds is 3. The van der Waals surface area contributed by atoms with Crippen LogP contribution in [0.5, 0.6) is 0 Å². The minimum absolute atomic E-state index is 0.0188. The second kappa shape index (κ2) is 5.59. The molecule has 24 heavy (non-hydrogen) atoms. The van der Waals surface area contributed by atoms with Crippen LogP contribution in [0, 0.1) is 0 Å². The molecule has 3 rings (SSSR count). The van der Waals surface area contributed by atoms with E-state index in [-0.39, 0.29) is 12.4 Å². The number of benzene rings is 1. The number of nitrogens with two attached hydrogens (primary N) is 1. The normalized spacial score (nSPS) is 20.7. The SMILES string of the molecule is NC(=O)C1(c2ccc(C(F)(F)F)cc2)C=C(c2ncon2)C=NC1. The van der Waals surface area contributed by atoms with Crippen molar-refractivity contribution in [2.24, 2.45) is 10.7 Å². The van der Waals surface area contributed by atoms with E-state index in [1.807, 2.05) is 0 Å². The smallest absolute Gasteiger partial charge is 0.369 e. The Morgan fingerprint density at radius 3 is 2.50 bits per heavy atom. The summed E-state index contributed by atoms with van der Waals surface area (Å²) in [7, 11) is 0. The Labute approximate surface area is 133 Å². The van der Waals surface area contributed by atoms with Crippen molar-refractivity contribution >= 4 is 17.7 Å². The van der Waals surface area contributed by atoms with Crippen molar-refractivity contribution in [1.82, 2.24) is 10.1 Å². The predicted molar refractivity (Wildman–Crippen MR) is 78.0 cm³/mol. The molecule has 0 saturated carbocycles. The summed E-state index contributed by atoms with van der Waals surface area (Å²) in [4.78, 5) is 20.1. The lowest BCUT2D eigenvalue weighted by molar-refractivity contribution is -0.137. The zero-order chi connectivity index (χ0) is 17.4. The minimum atomic E-state index is -4.46. The summed E-state index contributed by atoms with van der Waals surface area (Å²) < 4.78 is 42.8. The molecule has 0 bridgehead atoms. The predicted octanol–water partition coefficient (Wildman–Crippen LogP) is 1.98. The lowest BCUT2D eigenvalue weighted by atomic mass is 9.76. The molecule has 1 amide bonds.